The summed E-state index contributed by atoms with van der Waals surface area (Å²) in [5, 5.41) is 9.74. The Morgan fingerprint density at radius 2 is 2.33 bits per heavy atom. The van der Waals surface area contributed by atoms with Crippen LogP contribution in [0.15, 0.2) is 18.2 Å². The molecule has 3 N–H and O–H groups in total. The van der Waals surface area contributed by atoms with Crippen LogP contribution in [0, 0.1) is 0 Å². The smallest absolute Gasteiger partial charge is 0.167 e. The molecule has 1 aromatic rings. The van der Waals surface area contributed by atoms with Crippen LogP contribution in [0.25, 0.3) is 0 Å². The van der Waals surface area contributed by atoms with Gasteiger partial charge in [0.2, 0.25) is 0 Å². The molecule has 5 nitrogen and oxygen atoms in total. The van der Waals surface area contributed by atoms with E-state index >= 15 is 0 Å². The highest BCUT2D eigenvalue weighted by molar-refractivity contribution is 5.42. The van der Waals surface area contributed by atoms with Crippen LogP contribution >= 0.6 is 0 Å². The first-order valence-corrected chi connectivity index (χ1v) is 5.97. The van der Waals surface area contributed by atoms with Crippen molar-refractivity contribution in [1.29, 1.82) is 0 Å². The van der Waals surface area contributed by atoms with Gasteiger partial charge in [0.15, 0.2) is 17.3 Å². The lowest BCUT2D eigenvalue weighted by molar-refractivity contribution is -0.157. The van der Waals surface area contributed by atoms with Crippen LogP contribution < -0.4 is 10.5 Å². The molecular formula is C13H19NO4. The van der Waals surface area contributed by atoms with E-state index in [1.807, 2.05) is 13.0 Å². The summed E-state index contributed by atoms with van der Waals surface area (Å²) < 4.78 is 16.5. The van der Waals surface area contributed by atoms with Gasteiger partial charge in [0.25, 0.3) is 0 Å². The summed E-state index contributed by atoms with van der Waals surface area (Å²) in [4.78, 5) is 0. The molecule has 0 bridgehead atoms. The van der Waals surface area contributed by atoms with Gasteiger partial charge in [0.05, 0.1) is 13.7 Å². The third kappa shape index (κ3) is 2.58. The number of rotatable bonds is 4. The lowest BCUT2D eigenvalue weighted by Crippen LogP contribution is -2.28. The molecule has 2 unspecified atom stereocenters. The molecular weight excluding hydrogens is 234 g/mol. The van der Waals surface area contributed by atoms with E-state index < -0.39 is 5.79 Å². The van der Waals surface area contributed by atoms with Crippen molar-refractivity contribution in [3.05, 3.63) is 23.8 Å². The Morgan fingerprint density at radius 1 is 1.56 bits per heavy atom. The maximum absolute atomic E-state index is 9.74. The van der Waals surface area contributed by atoms with Gasteiger partial charge in [-0.05, 0) is 31.2 Å². The molecule has 1 fully saturated rings. The van der Waals surface area contributed by atoms with Crippen molar-refractivity contribution >= 4 is 0 Å². The molecule has 0 amide bonds. The second kappa shape index (κ2) is 5.14. The largest absolute Gasteiger partial charge is 0.504 e. The van der Waals surface area contributed by atoms with Crippen molar-refractivity contribution in [3.63, 3.8) is 0 Å². The summed E-state index contributed by atoms with van der Waals surface area (Å²) in [5.41, 5.74) is 6.39. The monoisotopic (exact) mass is 253 g/mol. The fourth-order valence-electron chi connectivity index (χ4n) is 2.09. The Bertz CT molecular complexity index is 423. The van der Waals surface area contributed by atoms with Crippen LogP contribution in [0.1, 0.15) is 25.0 Å². The molecule has 100 valence electrons. The summed E-state index contributed by atoms with van der Waals surface area (Å²) in [6, 6.07) is 5.22. The first-order chi connectivity index (χ1) is 8.58. The van der Waals surface area contributed by atoms with E-state index in [-0.39, 0.29) is 11.9 Å². The third-order valence-corrected chi connectivity index (χ3v) is 3.10. The summed E-state index contributed by atoms with van der Waals surface area (Å²) in [6.07, 6.45) is 0.462. The Hall–Kier alpha value is -1.30. The van der Waals surface area contributed by atoms with Crippen molar-refractivity contribution in [2.24, 2.45) is 5.73 Å². The fourth-order valence-corrected chi connectivity index (χ4v) is 2.09. The van der Waals surface area contributed by atoms with Crippen molar-refractivity contribution in [3.8, 4) is 11.5 Å². The molecule has 1 heterocycles. The second-order valence-electron chi connectivity index (χ2n) is 4.52. The molecule has 0 radical (unpaired) electrons. The number of methoxy groups -OCH3 is 1. The molecule has 5 heteroatoms. The fraction of sp³-hybridized carbons (Fsp3) is 0.538. The number of aromatic hydroxyl groups is 1. The molecule has 18 heavy (non-hydrogen) atoms. The van der Waals surface area contributed by atoms with Gasteiger partial charge in [0, 0.05) is 6.42 Å². The van der Waals surface area contributed by atoms with E-state index in [0.29, 0.717) is 25.3 Å². The molecule has 1 saturated heterocycles. The van der Waals surface area contributed by atoms with Crippen LogP contribution in [0.4, 0.5) is 0 Å². The number of phenolic OH excluding ortho intramolecular Hbond substituents is 1. The number of ether oxygens (including phenoxy) is 3. The Labute approximate surface area is 106 Å². The number of phenols is 1. The predicted octanol–water partition coefficient (Wildman–Crippen LogP) is 1.55. The summed E-state index contributed by atoms with van der Waals surface area (Å²) in [6.45, 7) is 2.85. The molecule has 1 aliphatic rings. The molecule has 1 aliphatic heterocycles. The van der Waals surface area contributed by atoms with E-state index in [2.05, 4.69) is 0 Å². The van der Waals surface area contributed by atoms with E-state index in [0.717, 1.165) is 5.56 Å². The average molecular weight is 253 g/mol. The molecule has 2 atom stereocenters. The highest BCUT2D eigenvalue weighted by Crippen LogP contribution is 2.37. The normalized spacial score (nSPS) is 27.4. The van der Waals surface area contributed by atoms with Crippen molar-refractivity contribution in [1.82, 2.24) is 0 Å². The number of hydrogen-bond acceptors (Lipinski definition) is 5. The SMILES string of the molecule is COc1ccc(C2COC(C)(CCN)O2)cc1O. The summed E-state index contributed by atoms with van der Waals surface area (Å²) >= 11 is 0. The lowest BCUT2D eigenvalue weighted by atomic mass is 10.1. The zero-order valence-electron chi connectivity index (χ0n) is 10.7. The van der Waals surface area contributed by atoms with E-state index in [9.17, 15) is 5.11 Å². The zero-order valence-corrected chi connectivity index (χ0v) is 10.7. The minimum absolute atomic E-state index is 0.103. The molecule has 1 aromatic carbocycles. The van der Waals surface area contributed by atoms with E-state index in [4.69, 9.17) is 19.9 Å². The minimum Gasteiger partial charge on any atom is -0.504 e. The van der Waals surface area contributed by atoms with Crippen LogP contribution in [0.5, 0.6) is 11.5 Å². The van der Waals surface area contributed by atoms with Gasteiger partial charge < -0.3 is 25.1 Å². The molecule has 0 saturated carbocycles. The maximum atomic E-state index is 9.74. The Morgan fingerprint density at radius 3 is 2.94 bits per heavy atom. The molecule has 2 rings (SSSR count). The zero-order chi connectivity index (χ0) is 13.2. The predicted molar refractivity (Wildman–Crippen MR) is 66.5 cm³/mol. The first kappa shape index (κ1) is 13.1. The first-order valence-electron chi connectivity index (χ1n) is 5.97. The third-order valence-electron chi connectivity index (χ3n) is 3.10. The highest BCUT2D eigenvalue weighted by atomic mass is 16.7. The van der Waals surface area contributed by atoms with Crippen LogP contribution in [0.2, 0.25) is 0 Å². The van der Waals surface area contributed by atoms with Crippen LogP contribution in [-0.2, 0) is 9.47 Å². The van der Waals surface area contributed by atoms with Crippen LogP contribution in [0.3, 0.4) is 0 Å². The van der Waals surface area contributed by atoms with Gasteiger partial charge in [-0.25, -0.2) is 0 Å². The quantitative estimate of drug-likeness (QED) is 0.851. The summed E-state index contributed by atoms with van der Waals surface area (Å²) in [5.74, 6) is -0.0805. The highest BCUT2D eigenvalue weighted by Gasteiger charge is 2.37. The Kier molecular flexibility index (Phi) is 3.75. The molecule has 0 aromatic heterocycles. The van der Waals surface area contributed by atoms with Gasteiger partial charge in [-0.3, -0.25) is 0 Å². The number of nitrogens with two attached hydrogens (primary N) is 1. The van der Waals surface area contributed by atoms with Crippen LogP contribution in [-0.4, -0.2) is 31.2 Å². The number of hydrogen-bond donors (Lipinski definition) is 2. The molecule has 0 spiro atoms. The topological polar surface area (TPSA) is 73.9 Å². The summed E-state index contributed by atoms with van der Waals surface area (Å²) in [7, 11) is 1.52. The maximum Gasteiger partial charge on any atom is 0.167 e. The van der Waals surface area contributed by atoms with Gasteiger partial charge in [-0.15, -0.1) is 0 Å². The van der Waals surface area contributed by atoms with Gasteiger partial charge in [0.1, 0.15) is 6.10 Å². The average Bonchev–Trinajstić information content (AvgIpc) is 2.72. The van der Waals surface area contributed by atoms with Crippen molar-refractivity contribution in [2.75, 3.05) is 20.3 Å². The number of benzene rings is 1. The van der Waals surface area contributed by atoms with E-state index in [1.165, 1.54) is 7.11 Å². The molecule has 0 aliphatic carbocycles. The van der Waals surface area contributed by atoms with Gasteiger partial charge in [-0.1, -0.05) is 6.07 Å². The van der Waals surface area contributed by atoms with E-state index in [1.54, 1.807) is 12.1 Å². The van der Waals surface area contributed by atoms with Crippen molar-refractivity contribution < 1.29 is 19.3 Å². The standard InChI is InChI=1S/C13H19NO4/c1-13(5-6-14)17-8-12(18-13)9-3-4-11(16-2)10(15)7-9/h3-4,7,12,15H,5-6,8,14H2,1-2H3. The lowest BCUT2D eigenvalue weighted by Gasteiger charge is -2.22. The Balaban J connectivity index is 2.12. The van der Waals surface area contributed by atoms with Gasteiger partial charge >= 0.3 is 0 Å². The van der Waals surface area contributed by atoms with Crippen molar-refractivity contribution in [2.45, 2.75) is 25.2 Å². The second-order valence-corrected chi connectivity index (χ2v) is 4.52. The van der Waals surface area contributed by atoms with Gasteiger partial charge in [-0.2, -0.15) is 0 Å². The minimum atomic E-state index is -0.630.